The Morgan fingerprint density at radius 3 is 2.59 bits per heavy atom. The van der Waals surface area contributed by atoms with Gasteiger partial charge in [-0.25, -0.2) is 0 Å². The largest absolute Gasteiger partial charge is 0.399 e. The van der Waals surface area contributed by atoms with E-state index in [9.17, 15) is 4.79 Å². The third kappa shape index (κ3) is 4.10. The lowest BCUT2D eigenvalue weighted by atomic mass is 9.99. The van der Waals surface area contributed by atoms with Gasteiger partial charge in [0.2, 0.25) is 5.76 Å². The van der Waals surface area contributed by atoms with Crippen LogP contribution in [0.4, 0.5) is 5.69 Å². The van der Waals surface area contributed by atoms with Crippen LogP contribution in [0.5, 0.6) is 0 Å². The highest BCUT2D eigenvalue weighted by Gasteiger charge is 2.17. The number of nitrogens with one attached hydrogen (secondary N) is 1. The van der Waals surface area contributed by atoms with Crippen molar-refractivity contribution in [3.63, 3.8) is 0 Å². The highest BCUT2D eigenvalue weighted by molar-refractivity contribution is 5.91. The lowest BCUT2D eigenvalue weighted by molar-refractivity contribution is 0.0917. The Hall–Kier alpha value is -2.30. The van der Waals surface area contributed by atoms with Gasteiger partial charge in [-0.05, 0) is 37.0 Å². The van der Waals surface area contributed by atoms with E-state index in [2.05, 4.69) is 24.3 Å². The first kappa shape index (κ1) is 16.1. The molecule has 0 saturated carbocycles. The Morgan fingerprint density at radius 2 is 1.95 bits per heavy atom. The second-order valence-corrected chi connectivity index (χ2v) is 5.38. The van der Waals surface area contributed by atoms with Gasteiger partial charge in [-0.15, -0.1) is 0 Å². The molecular formula is C17H23N3O2. The fraction of sp³-hybridized carbons (Fsp3) is 0.412. The topological polar surface area (TPSA) is 81.2 Å². The Labute approximate surface area is 130 Å². The number of amides is 1. The molecule has 0 aliphatic carbocycles. The van der Waals surface area contributed by atoms with E-state index in [4.69, 9.17) is 10.3 Å². The average molecular weight is 301 g/mol. The first-order valence-electron chi connectivity index (χ1n) is 7.73. The van der Waals surface area contributed by atoms with Gasteiger partial charge in [0.15, 0.2) is 0 Å². The van der Waals surface area contributed by atoms with Crippen molar-refractivity contribution in [2.45, 2.75) is 39.0 Å². The summed E-state index contributed by atoms with van der Waals surface area (Å²) >= 11 is 0. The van der Waals surface area contributed by atoms with Gasteiger partial charge in [0, 0.05) is 24.2 Å². The summed E-state index contributed by atoms with van der Waals surface area (Å²) in [6.45, 7) is 4.76. The summed E-state index contributed by atoms with van der Waals surface area (Å²) in [5, 5.41) is 6.85. The standard InChI is InChI=1S/C17H23N3O2/c1-3-13(4-2)15-11-16(22-20-15)17(21)19-10-9-12-5-7-14(18)8-6-12/h5-8,11,13H,3-4,9-10,18H2,1-2H3,(H,19,21). The number of nitrogens with zero attached hydrogens (tertiary/aromatic N) is 1. The number of hydrogen-bond acceptors (Lipinski definition) is 4. The first-order chi connectivity index (χ1) is 10.6. The quantitative estimate of drug-likeness (QED) is 0.770. The number of nitrogen functional groups attached to an aromatic ring is 1. The average Bonchev–Trinajstić information content (AvgIpc) is 3.00. The summed E-state index contributed by atoms with van der Waals surface area (Å²) in [5.74, 6) is 0.402. The third-order valence-electron chi connectivity index (χ3n) is 3.83. The minimum atomic E-state index is -0.222. The predicted molar refractivity (Wildman–Crippen MR) is 86.7 cm³/mol. The van der Waals surface area contributed by atoms with Crippen molar-refractivity contribution in [3.8, 4) is 0 Å². The molecule has 2 rings (SSSR count). The highest BCUT2D eigenvalue weighted by Crippen LogP contribution is 2.22. The minimum absolute atomic E-state index is 0.222. The van der Waals surface area contributed by atoms with Crippen LogP contribution in [-0.2, 0) is 6.42 Å². The van der Waals surface area contributed by atoms with Crippen molar-refractivity contribution >= 4 is 11.6 Å². The lowest BCUT2D eigenvalue weighted by Crippen LogP contribution is -2.25. The zero-order chi connectivity index (χ0) is 15.9. The van der Waals surface area contributed by atoms with Crippen LogP contribution in [0, 0.1) is 0 Å². The first-order valence-corrected chi connectivity index (χ1v) is 7.73. The van der Waals surface area contributed by atoms with Gasteiger partial charge in [-0.3, -0.25) is 4.79 Å². The number of carbonyl (C=O) groups is 1. The fourth-order valence-corrected chi connectivity index (χ4v) is 2.39. The van der Waals surface area contributed by atoms with Crippen LogP contribution in [0.2, 0.25) is 0 Å². The summed E-state index contributed by atoms with van der Waals surface area (Å²) < 4.78 is 5.15. The maximum Gasteiger partial charge on any atom is 0.289 e. The Balaban J connectivity index is 1.86. The second kappa shape index (κ2) is 7.64. The second-order valence-electron chi connectivity index (χ2n) is 5.38. The SMILES string of the molecule is CCC(CC)c1cc(C(=O)NCCc2ccc(N)cc2)on1. The zero-order valence-electron chi connectivity index (χ0n) is 13.1. The summed E-state index contributed by atoms with van der Waals surface area (Å²) in [6, 6.07) is 9.38. The van der Waals surface area contributed by atoms with Crippen LogP contribution >= 0.6 is 0 Å². The van der Waals surface area contributed by atoms with Crippen molar-refractivity contribution in [3.05, 3.63) is 47.3 Å². The highest BCUT2D eigenvalue weighted by atomic mass is 16.5. The molecule has 0 radical (unpaired) electrons. The molecule has 0 aliphatic heterocycles. The van der Waals surface area contributed by atoms with Crippen LogP contribution < -0.4 is 11.1 Å². The molecule has 0 unspecified atom stereocenters. The fourth-order valence-electron chi connectivity index (χ4n) is 2.39. The predicted octanol–water partition coefficient (Wildman–Crippen LogP) is 3.13. The van der Waals surface area contributed by atoms with E-state index in [-0.39, 0.29) is 11.7 Å². The minimum Gasteiger partial charge on any atom is -0.399 e. The van der Waals surface area contributed by atoms with Gasteiger partial charge >= 0.3 is 0 Å². The number of aromatic nitrogens is 1. The van der Waals surface area contributed by atoms with Gasteiger partial charge in [-0.2, -0.15) is 0 Å². The smallest absolute Gasteiger partial charge is 0.289 e. The maximum atomic E-state index is 12.0. The molecule has 1 aromatic carbocycles. The van der Waals surface area contributed by atoms with Crippen molar-refractivity contribution in [2.75, 3.05) is 12.3 Å². The Kier molecular flexibility index (Phi) is 5.58. The van der Waals surface area contributed by atoms with Crippen molar-refractivity contribution in [1.82, 2.24) is 10.5 Å². The molecule has 1 heterocycles. The Bertz CT molecular complexity index is 601. The molecule has 3 N–H and O–H groups in total. The molecule has 5 heteroatoms. The number of nitrogens with two attached hydrogens (primary N) is 1. The molecule has 1 amide bonds. The molecule has 0 bridgehead atoms. The van der Waals surface area contributed by atoms with Crippen LogP contribution in [-0.4, -0.2) is 17.6 Å². The number of rotatable bonds is 7. The number of benzene rings is 1. The van der Waals surface area contributed by atoms with Gasteiger partial charge in [-0.1, -0.05) is 31.1 Å². The summed E-state index contributed by atoms with van der Waals surface area (Å²) in [7, 11) is 0. The lowest BCUT2D eigenvalue weighted by Gasteiger charge is -2.06. The number of carbonyl (C=O) groups excluding carboxylic acids is 1. The van der Waals surface area contributed by atoms with Crippen molar-refractivity contribution in [1.29, 1.82) is 0 Å². The molecule has 22 heavy (non-hydrogen) atoms. The molecule has 0 saturated heterocycles. The molecule has 118 valence electrons. The van der Waals surface area contributed by atoms with E-state index in [0.29, 0.717) is 12.5 Å². The van der Waals surface area contributed by atoms with Crippen LogP contribution in [0.25, 0.3) is 0 Å². The molecule has 5 nitrogen and oxygen atoms in total. The van der Waals surface area contributed by atoms with E-state index in [1.165, 1.54) is 0 Å². The van der Waals surface area contributed by atoms with Crippen LogP contribution in [0.1, 0.15) is 54.4 Å². The molecule has 0 aliphatic rings. The third-order valence-corrected chi connectivity index (χ3v) is 3.83. The molecule has 0 spiro atoms. The van der Waals surface area contributed by atoms with E-state index in [0.717, 1.165) is 36.2 Å². The van der Waals surface area contributed by atoms with E-state index in [1.54, 1.807) is 6.07 Å². The maximum absolute atomic E-state index is 12.0. The van der Waals surface area contributed by atoms with Gasteiger partial charge in [0.05, 0.1) is 5.69 Å². The number of hydrogen-bond donors (Lipinski definition) is 2. The molecule has 2 aromatic rings. The summed E-state index contributed by atoms with van der Waals surface area (Å²) in [5.41, 5.74) is 8.36. The molecular weight excluding hydrogens is 278 g/mol. The zero-order valence-corrected chi connectivity index (χ0v) is 13.1. The van der Waals surface area contributed by atoms with E-state index >= 15 is 0 Å². The summed E-state index contributed by atoms with van der Waals surface area (Å²) in [6.07, 6.45) is 2.72. The number of anilines is 1. The monoisotopic (exact) mass is 301 g/mol. The molecule has 0 fully saturated rings. The van der Waals surface area contributed by atoms with E-state index < -0.39 is 0 Å². The van der Waals surface area contributed by atoms with E-state index in [1.807, 2.05) is 24.3 Å². The van der Waals surface area contributed by atoms with Gasteiger partial charge < -0.3 is 15.6 Å². The van der Waals surface area contributed by atoms with Crippen molar-refractivity contribution < 1.29 is 9.32 Å². The normalized spacial score (nSPS) is 10.9. The van der Waals surface area contributed by atoms with Crippen LogP contribution in [0.15, 0.2) is 34.9 Å². The van der Waals surface area contributed by atoms with Crippen molar-refractivity contribution in [2.24, 2.45) is 0 Å². The van der Waals surface area contributed by atoms with Gasteiger partial charge in [0.1, 0.15) is 0 Å². The molecule has 0 atom stereocenters. The van der Waals surface area contributed by atoms with Gasteiger partial charge in [0.25, 0.3) is 5.91 Å². The molecule has 1 aromatic heterocycles. The summed E-state index contributed by atoms with van der Waals surface area (Å²) in [4.78, 5) is 12.0. The Morgan fingerprint density at radius 1 is 1.27 bits per heavy atom. The van der Waals surface area contributed by atoms with Crippen LogP contribution in [0.3, 0.4) is 0 Å².